The molecule has 0 N–H and O–H groups in total. The Kier molecular flexibility index (Phi) is 5.79. The molecule has 0 saturated heterocycles. The Balaban J connectivity index is 2.69. The molecule has 0 heterocycles. The Bertz CT molecular complexity index is 431. The lowest BCUT2D eigenvalue weighted by Gasteiger charge is -2.32. The van der Waals surface area contributed by atoms with Crippen molar-refractivity contribution in [1.82, 2.24) is 0 Å². The molecule has 112 valence electrons. The fourth-order valence-electron chi connectivity index (χ4n) is 2.40. The number of benzene rings is 1. The molecule has 0 bridgehead atoms. The van der Waals surface area contributed by atoms with E-state index in [2.05, 4.69) is 27.7 Å². The molecule has 1 aromatic carbocycles. The Hall–Kier alpha value is -1.31. The zero-order chi connectivity index (χ0) is 15.3. The summed E-state index contributed by atoms with van der Waals surface area (Å²) in [6.07, 6.45) is 0.859. The molecule has 2 heteroatoms. The molecule has 0 aliphatic heterocycles. The van der Waals surface area contributed by atoms with E-state index in [-0.39, 0.29) is 11.9 Å². The van der Waals surface area contributed by atoms with Crippen LogP contribution in [0.5, 0.6) is 0 Å². The van der Waals surface area contributed by atoms with Gasteiger partial charge in [0.2, 0.25) is 0 Å². The quantitative estimate of drug-likeness (QED) is 0.701. The minimum atomic E-state index is -0.404. The zero-order valence-electron chi connectivity index (χ0n) is 13.7. The van der Waals surface area contributed by atoms with Crippen LogP contribution in [0.2, 0.25) is 0 Å². The topological polar surface area (TPSA) is 26.3 Å². The van der Waals surface area contributed by atoms with E-state index in [1.807, 2.05) is 38.1 Å². The average molecular weight is 276 g/mol. The summed E-state index contributed by atoms with van der Waals surface area (Å²) in [6.45, 7) is 12.9. The lowest BCUT2D eigenvalue weighted by Crippen LogP contribution is -2.36. The first-order valence-corrected chi connectivity index (χ1v) is 7.48. The molecule has 0 fully saturated rings. The van der Waals surface area contributed by atoms with Crippen LogP contribution in [-0.4, -0.2) is 5.97 Å². The maximum Gasteiger partial charge on any atom is 0.312 e. The number of carbonyl (C=O) groups excluding carboxylic acids is 1. The van der Waals surface area contributed by atoms with E-state index in [1.54, 1.807) is 0 Å². The van der Waals surface area contributed by atoms with Gasteiger partial charge >= 0.3 is 5.97 Å². The lowest BCUT2D eigenvalue weighted by molar-refractivity contribution is -0.160. The number of aryl methyl sites for hydroxylation is 1. The SMILES string of the molecule is Cc1ccc(COC(=O)C(C)(CC(C)C)C(C)C)cc1. The van der Waals surface area contributed by atoms with E-state index in [9.17, 15) is 4.79 Å². The van der Waals surface area contributed by atoms with Crippen molar-refractivity contribution in [3.8, 4) is 0 Å². The van der Waals surface area contributed by atoms with E-state index in [0.29, 0.717) is 12.5 Å². The summed E-state index contributed by atoms with van der Waals surface area (Å²) < 4.78 is 5.56. The van der Waals surface area contributed by atoms with Crippen molar-refractivity contribution in [3.63, 3.8) is 0 Å². The van der Waals surface area contributed by atoms with Gasteiger partial charge in [-0.1, -0.05) is 57.5 Å². The molecule has 1 aromatic rings. The van der Waals surface area contributed by atoms with Gasteiger partial charge in [-0.2, -0.15) is 0 Å². The number of esters is 1. The van der Waals surface area contributed by atoms with Crippen LogP contribution in [-0.2, 0) is 16.1 Å². The summed E-state index contributed by atoms with van der Waals surface area (Å²) in [4.78, 5) is 12.5. The molecule has 1 atom stereocenters. The standard InChI is InChI=1S/C18H28O2/c1-13(2)11-18(6,14(3)4)17(19)20-12-16-9-7-15(5)8-10-16/h7-10,13-14H,11-12H2,1-6H3. The summed E-state index contributed by atoms with van der Waals surface area (Å²) in [5.74, 6) is 0.673. The molecule has 0 radical (unpaired) electrons. The van der Waals surface area contributed by atoms with Crippen LogP contribution in [0.3, 0.4) is 0 Å². The Morgan fingerprint density at radius 1 is 1.15 bits per heavy atom. The summed E-state index contributed by atoms with van der Waals surface area (Å²) in [6, 6.07) is 8.10. The number of carbonyl (C=O) groups is 1. The number of hydrogen-bond donors (Lipinski definition) is 0. The van der Waals surface area contributed by atoms with Crippen molar-refractivity contribution in [2.24, 2.45) is 17.3 Å². The minimum absolute atomic E-state index is 0.0817. The van der Waals surface area contributed by atoms with Gasteiger partial charge < -0.3 is 4.74 Å². The van der Waals surface area contributed by atoms with Crippen molar-refractivity contribution in [2.45, 2.75) is 54.6 Å². The van der Waals surface area contributed by atoms with Crippen LogP contribution >= 0.6 is 0 Å². The predicted octanol–water partition coefficient (Wildman–Crippen LogP) is 4.75. The predicted molar refractivity (Wildman–Crippen MR) is 83.4 cm³/mol. The van der Waals surface area contributed by atoms with E-state index in [4.69, 9.17) is 4.74 Å². The third-order valence-corrected chi connectivity index (χ3v) is 4.06. The molecular weight excluding hydrogens is 248 g/mol. The van der Waals surface area contributed by atoms with Crippen molar-refractivity contribution in [2.75, 3.05) is 0 Å². The van der Waals surface area contributed by atoms with Crippen molar-refractivity contribution in [3.05, 3.63) is 35.4 Å². The van der Waals surface area contributed by atoms with Gasteiger partial charge in [0.05, 0.1) is 5.41 Å². The first kappa shape index (κ1) is 16.7. The van der Waals surface area contributed by atoms with E-state index >= 15 is 0 Å². The Labute approximate surface area is 123 Å². The number of hydrogen-bond acceptors (Lipinski definition) is 2. The normalized spacial score (nSPS) is 14.4. The van der Waals surface area contributed by atoms with Gasteiger partial charge in [-0.3, -0.25) is 4.79 Å². The second kappa shape index (κ2) is 6.92. The lowest BCUT2D eigenvalue weighted by atomic mass is 9.73. The maximum absolute atomic E-state index is 12.5. The third kappa shape index (κ3) is 4.36. The molecule has 0 saturated carbocycles. The van der Waals surface area contributed by atoms with Gasteiger partial charge in [-0.05, 0) is 37.7 Å². The van der Waals surface area contributed by atoms with E-state index in [1.165, 1.54) is 5.56 Å². The van der Waals surface area contributed by atoms with Gasteiger partial charge in [0.25, 0.3) is 0 Å². The number of rotatable bonds is 6. The molecule has 20 heavy (non-hydrogen) atoms. The fraction of sp³-hybridized carbons (Fsp3) is 0.611. The third-order valence-electron chi connectivity index (χ3n) is 4.06. The van der Waals surface area contributed by atoms with Crippen molar-refractivity contribution in [1.29, 1.82) is 0 Å². The summed E-state index contributed by atoms with van der Waals surface area (Å²) >= 11 is 0. The Morgan fingerprint density at radius 3 is 2.15 bits per heavy atom. The maximum atomic E-state index is 12.5. The number of ether oxygens (including phenoxy) is 1. The highest BCUT2D eigenvalue weighted by atomic mass is 16.5. The first-order valence-electron chi connectivity index (χ1n) is 7.48. The largest absolute Gasteiger partial charge is 0.460 e. The second-order valence-corrected chi connectivity index (χ2v) is 6.73. The summed E-state index contributed by atoms with van der Waals surface area (Å²) in [5, 5.41) is 0. The van der Waals surface area contributed by atoms with Crippen LogP contribution in [0.4, 0.5) is 0 Å². The molecule has 2 nitrogen and oxygen atoms in total. The second-order valence-electron chi connectivity index (χ2n) is 6.73. The van der Waals surface area contributed by atoms with Gasteiger partial charge in [0.15, 0.2) is 0 Å². The first-order chi connectivity index (χ1) is 9.25. The summed E-state index contributed by atoms with van der Waals surface area (Å²) in [7, 11) is 0. The van der Waals surface area contributed by atoms with Crippen LogP contribution in [0.15, 0.2) is 24.3 Å². The van der Waals surface area contributed by atoms with Crippen LogP contribution in [0.25, 0.3) is 0 Å². The highest BCUT2D eigenvalue weighted by Crippen LogP contribution is 2.35. The van der Waals surface area contributed by atoms with Crippen molar-refractivity contribution < 1.29 is 9.53 Å². The van der Waals surface area contributed by atoms with Gasteiger partial charge in [0, 0.05) is 0 Å². The minimum Gasteiger partial charge on any atom is -0.460 e. The Morgan fingerprint density at radius 2 is 1.70 bits per heavy atom. The van der Waals surface area contributed by atoms with Gasteiger partial charge in [-0.15, -0.1) is 0 Å². The van der Waals surface area contributed by atoms with Gasteiger partial charge in [0.1, 0.15) is 6.61 Å². The molecule has 0 aromatic heterocycles. The highest BCUT2D eigenvalue weighted by molar-refractivity contribution is 5.76. The molecular formula is C18H28O2. The van der Waals surface area contributed by atoms with Crippen molar-refractivity contribution >= 4 is 5.97 Å². The van der Waals surface area contributed by atoms with E-state index in [0.717, 1.165) is 12.0 Å². The summed E-state index contributed by atoms with van der Waals surface area (Å²) in [5.41, 5.74) is 1.85. The average Bonchev–Trinajstić information content (AvgIpc) is 2.36. The molecule has 0 amide bonds. The molecule has 1 rings (SSSR count). The van der Waals surface area contributed by atoms with Crippen LogP contribution in [0, 0.1) is 24.2 Å². The fourth-order valence-corrected chi connectivity index (χ4v) is 2.40. The molecule has 1 unspecified atom stereocenters. The zero-order valence-corrected chi connectivity index (χ0v) is 13.7. The van der Waals surface area contributed by atoms with E-state index < -0.39 is 5.41 Å². The highest BCUT2D eigenvalue weighted by Gasteiger charge is 2.38. The molecule has 0 spiro atoms. The van der Waals surface area contributed by atoms with Gasteiger partial charge in [-0.25, -0.2) is 0 Å². The smallest absolute Gasteiger partial charge is 0.312 e. The van der Waals surface area contributed by atoms with Crippen LogP contribution in [0.1, 0.15) is 52.2 Å². The monoisotopic (exact) mass is 276 g/mol. The van der Waals surface area contributed by atoms with Crippen LogP contribution < -0.4 is 0 Å². The molecule has 0 aliphatic carbocycles. The molecule has 0 aliphatic rings.